The summed E-state index contributed by atoms with van der Waals surface area (Å²) >= 11 is 0. The Morgan fingerprint density at radius 1 is 1.31 bits per heavy atom. The standard InChI is InChI=1S/C11H14O2/c1-9-7-10(8-13)4-5-11(9)3-2-6-12/h2-5,7,12-13H,6,8H2,1H3. The molecule has 0 aliphatic heterocycles. The number of rotatable bonds is 3. The van der Waals surface area contributed by atoms with Gasteiger partial charge in [0.15, 0.2) is 0 Å². The van der Waals surface area contributed by atoms with Gasteiger partial charge in [-0.25, -0.2) is 0 Å². The fraction of sp³-hybridized carbons (Fsp3) is 0.273. The van der Waals surface area contributed by atoms with Crippen LogP contribution < -0.4 is 0 Å². The molecule has 0 amide bonds. The van der Waals surface area contributed by atoms with Gasteiger partial charge in [0.2, 0.25) is 0 Å². The second kappa shape index (κ2) is 4.80. The molecule has 0 aliphatic carbocycles. The van der Waals surface area contributed by atoms with E-state index >= 15 is 0 Å². The number of aliphatic hydroxyl groups is 2. The van der Waals surface area contributed by atoms with E-state index in [-0.39, 0.29) is 13.2 Å². The van der Waals surface area contributed by atoms with Gasteiger partial charge in [-0.05, 0) is 23.6 Å². The minimum atomic E-state index is 0.0567. The maximum atomic E-state index is 8.87. The molecule has 0 spiro atoms. The summed E-state index contributed by atoms with van der Waals surface area (Å²) in [6.45, 7) is 2.11. The largest absolute Gasteiger partial charge is 0.392 e. The molecule has 70 valence electrons. The van der Waals surface area contributed by atoms with Crippen molar-refractivity contribution in [2.24, 2.45) is 0 Å². The van der Waals surface area contributed by atoms with Crippen molar-refractivity contribution in [3.8, 4) is 0 Å². The Kier molecular flexibility index (Phi) is 3.68. The zero-order chi connectivity index (χ0) is 9.68. The van der Waals surface area contributed by atoms with Gasteiger partial charge in [0.1, 0.15) is 0 Å². The van der Waals surface area contributed by atoms with E-state index in [1.807, 2.05) is 31.2 Å². The molecule has 1 aromatic carbocycles. The van der Waals surface area contributed by atoms with Crippen LogP contribution in [0.15, 0.2) is 24.3 Å². The molecule has 0 saturated carbocycles. The molecular formula is C11H14O2. The van der Waals surface area contributed by atoms with Crippen LogP contribution in [-0.4, -0.2) is 16.8 Å². The molecule has 2 heteroatoms. The first-order valence-electron chi connectivity index (χ1n) is 4.25. The average Bonchev–Trinajstić information content (AvgIpc) is 2.16. The van der Waals surface area contributed by atoms with E-state index in [1.54, 1.807) is 6.08 Å². The average molecular weight is 178 g/mol. The quantitative estimate of drug-likeness (QED) is 0.736. The second-order valence-electron chi connectivity index (χ2n) is 2.93. The van der Waals surface area contributed by atoms with E-state index in [0.717, 1.165) is 16.7 Å². The Morgan fingerprint density at radius 2 is 2.08 bits per heavy atom. The van der Waals surface area contributed by atoms with Crippen molar-refractivity contribution in [2.75, 3.05) is 6.61 Å². The molecule has 0 unspecified atom stereocenters. The highest BCUT2D eigenvalue weighted by molar-refractivity contribution is 5.54. The maximum absolute atomic E-state index is 8.87. The summed E-state index contributed by atoms with van der Waals surface area (Å²) in [5.41, 5.74) is 3.10. The van der Waals surface area contributed by atoms with Crippen molar-refractivity contribution in [2.45, 2.75) is 13.5 Å². The molecule has 0 fully saturated rings. The van der Waals surface area contributed by atoms with E-state index in [2.05, 4.69) is 0 Å². The molecular weight excluding hydrogens is 164 g/mol. The molecule has 0 saturated heterocycles. The summed E-state index contributed by atoms with van der Waals surface area (Å²) in [4.78, 5) is 0. The van der Waals surface area contributed by atoms with Gasteiger partial charge in [-0.1, -0.05) is 30.4 Å². The van der Waals surface area contributed by atoms with Crippen LogP contribution >= 0.6 is 0 Å². The van der Waals surface area contributed by atoms with Crippen LogP contribution in [0.5, 0.6) is 0 Å². The van der Waals surface area contributed by atoms with Crippen LogP contribution in [0.1, 0.15) is 16.7 Å². The van der Waals surface area contributed by atoms with E-state index in [9.17, 15) is 0 Å². The molecule has 1 aromatic rings. The summed E-state index contributed by atoms with van der Waals surface area (Å²) in [5.74, 6) is 0. The first-order valence-corrected chi connectivity index (χ1v) is 4.25. The Bertz CT molecular complexity index is 303. The Balaban J connectivity index is 2.91. The zero-order valence-corrected chi connectivity index (χ0v) is 7.70. The van der Waals surface area contributed by atoms with Gasteiger partial charge in [0, 0.05) is 0 Å². The lowest BCUT2D eigenvalue weighted by Gasteiger charge is -2.02. The van der Waals surface area contributed by atoms with Crippen molar-refractivity contribution in [1.82, 2.24) is 0 Å². The van der Waals surface area contributed by atoms with E-state index in [4.69, 9.17) is 10.2 Å². The smallest absolute Gasteiger partial charge is 0.0681 e. The van der Waals surface area contributed by atoms with Gasteiger partial charge in [0.05, 0.1) is 13.2 Å². The van der Waals surface area contributed by atoms with Crippen molar-refractivity contribution in [3.63, 3.8) is 0 Å². The maximum Gasteiger partial charge on any atom is 0.0681 e. The van der Waals surface area contributed by atoms with E-state index < -0.39 is 0 Å². The molecule has 0 radical (unpaired) electrons. The third-order valence-corrected chi connectivity index (χ3v) is 1.92. The Labute approximate surface area is 78.2 Å². The van der Waals surface area contributed by atoms with Gasteiger partial charge in [-0.15, -0.1) is 0 Å². The normalized spacial score (nSPS) is 11.0. The van der Waals surface area contributed by atoms with E-state index in [1.165, 1.54) is 0 Å². The zero-order valence-electron chi connectivity index (χ0n) is 7.70. The first kappa shape index (κ1) is 9.96. The minimum absolute atomic E-state index is 0.0567. The number of hydrogen-bond donors (Lipinski definition) is 2. The summed E-state index contributed by atoms with van der Waals surface area (Å²) in [6, 6.07) is 5.76. The van der Waals surface area contributed by atoms with Crippen molar-refractivity contribution >= 4 is 6.08 Å². The third-order valence-electron chi connectivity index (χ3n) is 1.92. The molecule has 2 nitrogen and oxygen atoms in total. The molecule has 0 atom stereocenters. The molecule has 0 heterocycles. The van der Waals surface area contributed by atoms with Crippen LogP contribution in [0, 0.1) is 6.92 Å². The fourth-order valence-electron chi connectivity index (χ4n) is 1.20. The molecule has 0 aromatic heterocycles. The highest BCUT2D eigenvalue weighted by Gasteiger charge is 1.95. The third kappa shape index (κ3) is 2.68. The van der Waals surface area contributed by atoms with Crippen molar-refractivity contribution < 1.29 is 10.2 Å². The van der Waals surface area contributed by atoms with Gasteiger partial charge < -0.3 is 10.2 Å². The predicted octanol–water partition coefficient (Wildman–Crippen LogP) is 1.49. The molecule has 13 heavy (non-hydrogen) atoms. The number of aryl methyl sites for hydroxylation is 1. The summed E-state index contributed by atoms with van der Waals surface area (Å²) in [7, 11) is 0. The molecule has 0 bridgehead atoms. The number of benzene rings is 1. The van der Waals surface area contributed by atoms with Crippen LogP contribution in [-0.2, 0) is 6.61 Å². The highest BCUT2D eigenvalue weighted by Crippen LogP contribution is 2.12. The topological polar surface area (TPSA) is 40.5 Å². The number of hydrogen-bond acceptors (Lipinski definition) is 2. The van der Waals surface area contributed by atoms with Gasteiger partial charge in [-0.2, -0.15) is 0 Å². The van der Waals surface area contributed by atoms with Crippen molar-refractivity contribution in [3.05, 3.63) is 41.0 Å². The molecule has 1 rings (SSSR count). The van der Waals surface area contributed by atoms with Gasteiger partial charge in [-0.3, -0.25) is 0 Å². The monoisotopic (exact) mass is 178 g/mol. The highest BCUT2D eigenvalue weighted by atomic mass is 16.3. The van der Waals surface area contributed by atoms with Crippen LogP contribution in [0.25, 0.3) is 6.08 Å². The first-order chi connectivity index (χ1) is 6.27. The van der Waals surface area contributed by atoms with Crippen LogP contribution in [0.2, 0.25) is 0 Å². The summed E-state index contributed by atoms with van der Waals surface area (Å²) in [5, 5.41) is 17.5. The predicted molar refractivity (Wildman–Crippen MR) is 53.2 cm³/mol. The Hall–Kier alpha value is -1.12. The summed E-state index contributed by atoms with van der Waals surface area (Å²) in [6.07, 6.45) is 3.57. The van der Waals surface area contributed by atoms with Gasteiger partial charge >= 0.3 is 0 Å². The fourth-order valence-corrected chi connectivity index (χ4v) is 1.20. The number of aliphatic hydroxyl groups excluding tert-OH is 2. The Morgan fingerprint density at radius 3 is 2.62 bits per heavy atom. The second-order valence-corrected chi connectivity index (χ2v) is 2.93. The lowest BCUT2D eigenvalue weighted by molar-refractivity contribution is 0.282. The van der Waals surface area contributed by atoms with Crippen LogP contribution in [0.3, 0.4) is 0 Å². The summed E-state index contributed by atoms with van der Waals surface area (Å²) < 4.78 is 0. The van der Waals surface area contributed by atoms with Gasteiger partial charge in [0.25, 0.3) is 0 Å². The SMILES string of the molecule is Cc1cc(CO)ccc1C=CCO. The lowest BCUT2D eigenvalue weighted by Crippen LogP contribution is -1.87. The minimum Gasteiger partial charge on any atom is -0.392 e. The van der Waals surface area contributed by atoms with Crippen molar-refractivity contribution in [1.29, 1.82) is 0 Å². The lowest BCUT2D eigenvalue weighted by atomic mass is 10.1. The molecule has 2 N–H and O–H groups in total. The molecule has 0 aliphatic rings. The van der Waals surface area contributed by atoms with Crippen LogP contribution in [0.4, 0.5) is 0 Å². The van der Waals surface area contributed by atoms with E-state index in [0.29, 0.717) is 0 Å².